The third-order valence-corrected chi connectivity index (χ3v) is 4.13. The van der Waals surface area contributed by atoms with E-state index in [9.17, 15) is 4.39 Å². The van der Waals surface area contributed by atoms with Crippen molar-refractivity contribution >= 4 is 0 Å². The highest BCUT2D eigenvalue weighted by Gasteiger charge is 2.17. The summed E-state index contributed by atoms with van der Waals surface area (Å²) in [5.41, 5.74) is 2.68. The summed E-state index contributed by atoms with van der Waals surface area (Å²) in [5.74, 6) is -0.0694. The van der Waals surface area contributed by atoms with Gasteiger partial charge < -0.3 is 10.2 Å². The van der Waals surface area contributed by atoms with E-state index in [1.54, 1.807) is 0 Å². The molecule has 0 spiro atoms. The van der Waals surface area contributed by atoms with Gasteiger partial charge in [0, 0.05) is 12.6 Å². The number of piperidine rings is 1. The van der Waals surface area contributed by atoms with Crippen LogP contribution in [0, 0.1) is 19.7 Å². The number of nitrogens with one attached hydrogen (secondary N) is 1. The molecular weight excluding hydrogens is 239 g/mol. The first-order valence-corrected chi connectivity index (χ1v) is 7.31. The Bertz CT molecular complexity index is 400. The molecule has 19 heavy (non-hydrogen) atoms. The minimum absolute atomic E-state index is 0.0694. The van der Waals surface area contributed by atoms with Crippen LogP contribution >= 0.6 is 0 Å². The Morgan fingerprint density at radius 2 is 1.79 bits per heavy atom. The first-order valence-electron chi connectivity index (χ1n) is 7.31. The molecule has 1 fully saturated rings. The van der Waals surface area contributed by atoms with Crippen molar-refractivity contribution in [3.8, 4) is 0 Å². The van der Waals surface area contributed by atoms with Gasteiger partial charge in [0.1, 0.15) is 5.82 Å². The number of hydrogen-bond acceptors (Lipinski definition) is 2. The largest absolute Gasteiger partial charge is 0.310 e. The highest BCUT2D eigenvalue weighted by Crippen LogP contribution is 2.16. The maximum Gasteiger partial charge on any atom is 0.129 e. The molecule has 0 atom stereocenters. The molecule has 0 aromatic heterocycles. The van der Waals surface area contributed by atoms with Gasteiger partial charge in [0.05, 0.1) is 0 Å². The number of aryl methyl sites for hydroxylation is 2. The van der Waals surface area contributed by atoms with Crippen LogP contribution in [0.2, 0.25) is 0 Å². The van der Waals surface area contributed by atoms with E-state index in [-0.39, 0.29) is 5.82 Å². The lowest BCUT2D eigenvalue weighted by molar-refractivity contribution is 0.206. The van der Waals surface area contributed by atoms with Crippen molar-refractivity contribution in [2.45, 2.75) is 46.2 Å². The molecule has 1 aliphatic heterocycles. The molecule has 0 unspecified atom stereocenters. The summed E-state index contributed by atoms with van der Waals surface area (Å²) < 4.78 is 13.6. The van der Waals surface area contributed by atoms with Crippen molar-refractivity contribution in [2.24, 2.45) is 0 Å². The molecule has 0 bridgehead atoms. The number of hydrogen-bond donors (Lipinski definition) is 1. The Balaban J connectivity index is 1.86. The fraction of sp³-hybridized carbons (Fsp3) is 0.625. The quantitative estimate of drug-likeness (QED) is 0.899. The lowest BCUT2D eigenvalue weighted by Crippen LogP contribution is -2.42. The van der Waals surface area contributed by atoms with E-state index in [1.807, 2.05) is 26.0 Å². The topological polar surface area (TPSA) is 15.3 Å². The van der Waals surface area contributed by atoms with Crippen LogP contribution in [0.3, 0.4) is 0 Å². The number of nitrogens with zero attached hydrogens (tertiary/aromatic N) is 1. The summed E-state index contributed by atoms with van der Waals surface area (Å²) >= 11 is 0. The lowest BCUT2D eigenvalue weighted by atomic mass is 10.0. The third-order valence-electron chi connectivity index (χ3n) is 4.13. The van der Waals surface area contributed by atoms with E-state index in [1.165, 1.54) is 31.5 Å². The molecule has 0 radical (unpaired) electrons. The monoisotopic (exact) mass is 264 g/mol. The molecular formula is C16H25FN2. The Morgan fingerprint density at radius 1 is 1.21 bits per heavy atom. The van der Waals surface area contributed by atoms with Crippen LogP contribution in [0.25, 0.3) is 0 Å². The minimum atomic E-state index is -0.0694. The van der Waals surface area contributed by atoms with Gasteiger partial charge in [-0.15, -0.1) is 0 Å². The van der Waals surface area contributed by atoms with E-state index in [0.717, 1.165) is 24.2 Å². The van der Waals surface area contributed by atoms with Crippen molar-refractivity contribution in [3.63, 3.8) is 0 Å². The summed E-state index contributed by atoms with van der Waals surface area (Å²) in [7, 11) is 0. The minimum Gasteiger partial charge on any atom is -0.310 e. The van der Waals surface area contributed by atoms with Gasteiger partial charge >= 0.3 is 0 Å². The number of likely N-dealkylation sites (tertiary alicyclic amines) is 1. The second kappa shape index (κ2) is 6.49. The van der Waals surface area contributed by atoms with E-state index in [4.69, 9.17) is 0 Å². The fourth-order valence-corrected chi connectivity index (χ4v) is 2.85. The van der Waals surface area contributed by atoms with Crippen LogP contribution < -0.4 is 5.32 Å². The molecule has 1 N–H and O–H groups in total. The van der Waals surface area contributed by atoms with Gasteiger partial charge in [-0.25, -0.2) is 4.39 Å². The second-order valence-corrected chi connectivity index (χ2v) is 5.63. The molecule has 0 amide bonds. The smallest absolute Gasteiger partial charge is 0.129 e. The van der Waals surface area contributed by atoms with Crippen LogP contribution in [0.4, 0.5) is 4.39 Å². The Labute approximate surface area is 116 Å². The van der Waals surface area contributed by atoms with Gasteiger partial charge in [0.2, 0.25) is 0 Å². The molecule has 1 heterocycles. The molecule has 1 aliphatic rings. The zero-order valence-corrected chi connectivity index (χ0v) is 12.3. The van der Waals surface area contributed by atoms with E-state index < -0.39 is 0 Å². The average molecular weight is 264 g/mol. The molecule has 106 valence electrons. The lowest BCUT2D eigenvalue weighted by Gasteiger charge is -2.31. The molecule has 2 rings (SSSR count). The number of benzene rings is 1. The summed E-state index contributed by atoms with van der Waals surface area (Å²) in [4.78, 5) is 2.49. The van der Waals surface area contributed by atoms with Crippen molar-refractivity contribution in [1.82, 2.24) is 10.2 Å². The summed E-state index contributed by atoms with van der Waals surface area (Å²) in [5, 5.41) is 3.61. The molecule has 3 heteroatoms. The SMILES string of the molecule is CCN1CCC(NCc2cc(C)c(F)c(C)c2)CC1. The van der Waals surface area contributed by atoms with Crippen molar-refractivity contribution in [1.29, 1.82) is 0 Å². The van der Waals surface area contributed by atoms with Gasteiger partial charge in [-0.1, -0.05) is 19.1 Å². The Morgan fingerprint density at radius 3 is 2.32 bits per heavy atom. The molecule has 0 aliphatic carbocycles. The van der Waals surface area contributed by atoms with E-state index in [0.29, 0.717) is 6.04 Å². The van der Waals surface area contributed by atoms with Crippen molar-refractivity contribution in [3.05, 3.63) is 34.6 Å². The average Bonchev–Trinajstić information content (AvgIpc) is 2.43. The summed E-state index contributed by atoms with van der Waals surface area (Å²) in [6.45, 7) is 10.3. The predicted molar refractivity (Wildman–Crippen MR) is 77.8 cm³/mol. The van der Waals surface area contributed by atoms with Gasteiger partial charge in [-0.3, -0.25) is 0 Å². The van der Waals surface area contributed by atoms with Gasteiger partial charge in [-0.2, -0.15) is 0 Å². The zero-order valence-electron chi connectivity index (χ0n) is 12.3. The molecule has 2 nitrogen and oxygen atoms in total. The van der Waals surface area contributed by atoms with Gasteiger partial charge in [0.25, 0.3) is 0 Å². The molecule has 1 saturated heterocycles. The first kappa shape index (κ1) is 14.5. The second-order valence-electron chi connectivity index (χ2n) is 5.63. The summed E-state index contributed by atoms with van der Waals surface area (Å²) in [6.07, 6.45) is 2.43. The highest BCUT2D eigenvalue weighted by atomic mass is 19.1. The maximum absolute atomic E-state index is 13.6. The van der Waals surface area contributed by atoms with Crippen LogP contribution in [-0.4, -0.2) is 30.6 Å². The fourth-order valence-electron chi connectivity index (χ4n) is 2.85. The van der Waals surface area contributed by atoms with Crippen LogP contribution in [0.1, 0.15) is 36.5 Å². The van der Waals surface area contributed by atoms with Gasteiger partial charge in [-0.05, 0) is 63.0 Å². The molecule has 1 aromatic carbocycles. The molecule has 1 aromatic rings. The summed E-state index contributed by atoms with van der Waals surface area (Å²) in [6, 6.07) is 4.51. The van der Waals surface area contributed by atoms with Crippen LogP contribution in [0.15, 0.2) is 12.1 Å². The molecule has 0 saturated carbocycles. The number of rotatable bonds is 4. The van der Waals surface area contributed by atoms with Crippen molar-refractivity contribution < 1.29 is 4.39 Å². The Hall–Kier alpha value is -0.930. The van der Waals surface area contributed by atoms with E-state index in [2.05, 4.69) is 17.1 Å². The maximum atomic E-state index is 13.6. The van der Waals surface area contributed by atoms with Crippen molar-refractivity contribution in [2.75, 3.05) is 19.6 Å². The number of halogens is 1. The highest BCUT2D eigenvalue weighted by molar-refractivity contribution is 5.30. The van der Waals surface area contributed by atoms with Crippen LogP contribution in [-0.2, 0) is 6.54 Å². The third kappa shape index (κ3) is 3.77. The first-order chi connectivity index (χ1) is 9.10. The predicted octanol–water partition coefficient (Wildman–Crippen LogP) is 3.02. The standard InChI is InChI=1S/C16H25FN2/c1-4-19-7-5-15(6-8-19)18-11-14-9-12(2)16(17)13(3)10-14/h9-10,15,18H,4-8,11H2,1-3H3. The van der Waals surface area contributed by atoms with Gasteiger partial charge in [0.15, 0.2) is 0 Å². The van der Waals surface area contributed by atoms with E-state index >= 15 is 0 Å². The Kier molecular flexibility index (Phi) is 4.94. The van der Waals surface area contributed by atoms with Crippen LogP contribution in [0.5, 0.6) is 0 Å². The normalized spacial score (nSPS) is 17.9. The zero-order chi connectivity index (χ0) is 13.8.